The molecule has 160 valence electrons. The number of benzene rings is 2. The number of anilines is 1. The number of nitrogens with zero attached hydrogens (tertiary/aromatic N) is 6. The van der Waals surface area contributed by atoms with E-state index in [0.717, 1.165) is 41.9 Å². The van der Waals surface area contributed by atoms with Gasteiger partial charge in [0.15, 0.2) is 0 Å². The molecular formula is C24H21ClN6O. The van der Waals surface area contributed by atoms with Gasteiger partial charge in [-0.15, -0.1) is 0 Å². The number of nitriles is 1. The minimum absolute atomic E-state index is 0.00697. The zero-order valence-corrected chi connectivity index (χ0v) is 18.2. The van der Waals surface area contributed by atoms with Gasteiger partial charge < -0.3 is 0 Å². The van der Waals surface area contributed by atoms with Crippen LogP contribution < -0.4 is 4.90 Å². The van der Waals surface area contributed by atoms with E-state index in [9.17, 15) is 4.79 Å². The molecule has 0 fully saturated rings. The first kappa shape index (κ1) is 20.4. The van der Waals surface area contributed by atoms with Gasteiger partial charge in [-0.1, -0.05) is 35.9 Å². The van der Waals surface area contributed by atoms with Crippen LogP contribution in [-0.4, -0.2) is 38.7 Å². The van der Waals surface area contributed by atoms with Gasteiger partial charge in [0.1, 0.15) is 6.33 Å². The number of hydrogen-bond acceptors (Lipinski definition) is 5. The van der Waals surface area contributed by atoms with Gasteiger partial charge in [-0.25, -0.2) is 4.68 Å². The van der Waals surface area contributed by atoms with Gasteiger partial charge in [-0.05, 0) is 41.0 Å². The molecule has 2 aromatic carbocycles. The molecule has 2 aliphatic rings. The molecule has 5 rings (SSSR count). The van der Waals surface area contributed by atoms with Gasteiger partial charge in [0.25, 0.3) is 0 Å². The van der Waals surface area contributed by atoms with Gasteiger partial charge in [-0.3, -0.25) is 14.6 Å². The Labute approximate surface area is 191 Å². The van der Waals surface area contributed by atoms with Gasteiger partial charge in [0.2, 0.25) is 11.9 Å². The zero-order chi connectivity index (χ0) is 22.1. The number of halogens is 1. The van der Waals surface area contributed by atoms with E-state index in [0.29, 0.717) is 36.0 Å². The van der Waals surface area contributed by atoms with Gasteiger partial charge >= 0.3 is 0 Å². The van der Waals surface area contributed by atoms with Crippen LogP contribution in [0.4, 0.5) is 5.95 Å². The molecule has 3 aromatic rings. The Bertz CT molecular complexity index is 1240. The van der Waals surface area contributed by atoms with E-state index in [4.69, 9.17) is 16.9 Å². The lowest BCUT2D eigenvalue weighted by Gasteiger charge is -2.29. The van der Waals surface area contributed by atoms with Gasteiger partial charge in [0, 0.05) is 36.8 Å². The SMILES string of the molecule is N#Cc1cccc(CN2CCC3=C(CC(=O)N(Cc4ccc(Cl)cc4)c4ncnn43)C2)c1. The molecule has 0 atom stereocenters. The van der Waals surface area contributed by atoms with E-state index in [-0.39, 0.29) is 5.91 Å². The molecule has 0 bridgehead atoms. The lowest BCUT2D eigenvalue weighted by atomic mass is 10.0. The van der Waals surface area contributed by atoms with Crippen molar-refractivity contribution in [1.82, 2.24) is 19.7 Å². The number of rotatable bonds is 4. The molecule has 1 aromatic heterocycles. The number of hydrogen-bond donors (Lipinski definition) is 0. The van der Waals surface area contributed by atoms with Crippen LogP contribution in [0, 0.1) is 11.3 Å². The fraction of sp³-hybridized carbons (Fsp3) is 0.250. The predicted octanol–water partition coefficient (Wildman–Crippen LogP) is 3.86. The average Bonchev–Trinajstić information content (AvgIpc) is 3.24. The second-order valence-corrected chi connectivity index (χ2v) is 8.51. The van der Waals surface area contributed by atoms with Crippen molar-refractivity contribution in [2.75, 3.05) is 18.0 Å². The molecule has 0 radical (unpaired) electrons. The fourth-order valence-electron chi connectivity index (χ4n) is 4.36. The van der Waals surface area contributed by atoms with Gasteiger partial charge in [0.05, 0.1) is 24.6 Å². The van der Waals surface area contributed by atoms with Crippen molar-refractivity contribution in [2.24, 2.45) is 0 Å². The van der Waals surface area contributed by atoms with E-state index in [2.05, 4.69) is 21.1 Å². The van der Waals surface area contributed by atoms with Crippen molar-refractivity contribution in [1.29, 1.82) is 5.26 Å². The maximum atomic E-state index is 13.3. The zero-order valence-electron chi connectivity index (χ0n) is 17.4. The van der Waals surface area contributed by atoms with E-state index in [1.807, 2.05) is 53.2 Å². The smallest absolute Gasteiger partial charge is 0.235 e. The quantitative estimate of drug-likeness (QED) is 0.610. The number of fused-ring (bicyclic) bond motifs is 2. The minimum Gasteiger partial charge on any atom is -0.295 e. The summed E-state index contributed by atoms with van der Waals surface area (Å²) in [4.78, 5) is 21.7. The Kier molecular flexibility index (Phi) is 5.48. The molecule has 32 heavy (non-hydrogen) atoms. The summed E-state index contributed by atoms with van der Waals surface area (Å²) < 4.78 is 1.82. The van der Waals surface area contributed by atoms with Crippen LogP contribution in [0.1, 0.15) is 29.5 Å². The molecule has 0 unspecified atom stereocenters. The Morgan fingerprint density at radius 1 is 1.09 bits per heavy atom. The van der Waals surface area contributed by atoms with Crippen LogP contribution in [0.2, 0.25) is 5.02 Å². The maximum absolute atomic E-state index is 13.3. The van der Waals surface area contributed by atoms with Crippen LogP contribution in [0.3, 0.4) is 0 Å². The number of carbonyl (C=O) groups excluding carboxylic acids is 1. The summed E-state index contributed by atoms with van der Waals surface area (Å²) in [6.45, 7) is 2.69. The molecule has 3 heterocycles. The van der Waals surface area contributed by atoms with Crippen molar-refractivity contribution in [2.45, 2.75) is 25.9 Å². The van der Waals surface area contributed by atoms with E-state index >= 15 is 0 Å². The van der Waals surface area contributed by atoms with Crippen molar-refractivity contribution >= 4 is 29.2 Å². The van der Waals surface area contributed by atoms with Crippen LogP contribution in [0.15, 0.2) is 60.4 Å². The Hall–Kier alpha value is -3.47. The number of amides is 1. The van der Waals surface area contributed by atoms with Gasteiger partial charge in [-0.2, -0.15) is 15.3 Å². The van der Waals surface area contributed by atoms with E-state index < -0.39 is 0 Å². The molecular weight excluding hydrogens is 424 g/mol. The topological polar surface area (TPSA) is 78.1 Å². The Balaban J connectivity index is 1.39. The summed E-state index contributed by atoms with van der Waals surface area (Å²) in [6, 6.07) is 17.4. The first-order valence-electron chi connectivity index (χ1n) is 10.5. The fourth-order valence-corrected chi connectivity index (χ4v) is 4.48. The summed E-state index contributed by atoms with van der Waals surface area (Å²) in [6.07, 6.45) is 2.63. The standard InChI is InChI=1S/C24H21ClN6O/c25-21-6-4-17(5-7-21)14-30-23(32)11-20-15-29(13-19-3-1-2-18(10-19)12-26)9-8-22(20)31-24(30)27-16-28-31/h1-7,10,16H,8-9,11,13-15H2. The highest BCUT2D eigenvalue weighted by Gasteiger charge is 2.32. The number of carbonyl (C=O) groups is 1. The molecule has 0 spiro atoms. The highest BCUT2D eigenvalue weighted by atomic mass is 35.5. The van der Waals surface area contributed by atoms with E-state index in [1.54, 1.807) is 4.90 Å². The lowest BCUT2D eigenvalue weighted by molar-refractivity contribution is -0.118. The molecule has 2 aliphatic heterocycles. The van der Waals surface area contributed by atoms with Crippen molar-refractivity contribution in [3.8, 4) is 6.07 Å². The summed E-state index contributed by atoms with van der Waals surface area (Å²) in [5.74, 6) is 0.567. The van der Waals surface area contributed by atoms with Crippen LogP contribution >= 0.6 is 11.6 Å². The third-order valence-electron chi connectivity index (χ3n) is 5.90. The van der Waals surface area contributed by atoms with E-state index in [1.165, 1.54) is 6.33 Å². The molecule has 8 heteroatoms. The largest absolute Gasteiger partial charge is 0.295 e. The number of aromatic nitrogens is 3. The summed E-state index contributed by atoms with van der Waals surface area (Å²) in [5.41, 5.74) is 4.87. The molecule has 0 aliphatic carbocycles. The monoisotopic (exact) mass is 444 g/mol. The van der Waals surface area contributed by atoms with Crippen LogP contribution in [0.5, 0.6) is 0 Å². The molecule has 0 saturated carbocycles. The minimum atomic E-state index is 0.00697. The normalized spacial score (nSPS) is 16.4. The third-order valence-corrected chi connectivity index (χ3v) is 6.15. The van der Waals surface area contributed by atoms with Crippen molar-refractivity contribution in [3.63, 3.8) is 0 Å². The average molecular weight is 445 g/mol. The van der Waals surface area contributed by atoms with Crippen LogP contribution in [0.25, 0.3) is 5.70 Å². The van der Waals surface area contributed by atoms with Crippen molar-refractivity contribution in [3.05, 3.63) is 82.1 Å². The molecule has 1 amide bonds. The van der Waals surface area contributed by atoms with Crippen molar-refractivity contribution < 1.29 is 4.79 Å². The molecule has 7 nitrogen and oxygen atoms in total. The Morgan fingerprint density at radius 2 is 1.94 bits per heavy atom. The lowest BCUT2D eigenvalue weighted by Crippen LogP contribution is -2.33. The molecule has 0 saturated heterocycles. The summed E-state index contributed by atoms with van der Waals surface area (Å²) >= 11 is 6.01. The molecule has 0 N–H and O–H groups in total. The summed E-state index contributed by atoms with van der Waals surface area (Å²) in [5, 5.41) is 14.3. The Morgan fingerprint density at radius 3 is 2.75 bits per heavy atom. The highest BCUT2D eigenvalue weighted by Crippen LogP contribution is 2.32. The summed E-state index contributed by atoms with van der Waals surface area (Å²) in [7, 11) is 0. The second-order valence-electron chi connectivity index (χ2n) is 8.08. The second kappa shape index (κ2) is 8.58. The highest BCUT2D eigenvalue weighted by molar-refractivity contribution is 6.30. The predicted molar refractivity (Wildman–Crippen MR) is 122 cm³/mol. The van der Waals surface area contributed by atoms with Crippen LogP contribution in [-0.2, 0) is 17.9 Å². The first-order chi connectivity index (χ1) is 15.6. The third kappa shape index (κ3) is 4.03. The first-order valence-corrected chi connectivity index (χ1v) is 10.9. The maximum Gasteiger partial charge on any atom is 0.235 e.